The second-order valence-corrected chi connectivity index (χ2v) is 37.1. The molecule has 0 spiro atoms. The van der Waals surface area contributed by atoms with E-state index in [1.165, 1.54) is 340 Å². The lowest BCUT2D eigenvalue weighted by Gasteiger charge is -2.21. The van der Waals surface area contributed by atoms with Gasteiger partial charge in [0.25, 0.3) is 0 Å². The van der Waals surface area contributed by atoms with Crippen molar-refractivity contribution in [3.05, 3.63) is 0 Å². The van der Waals surface area contributed by atoms with Crippen LogP contribution in [-0.4, -0.2) is 96.7 Å². The van der Waals surface area contributed by atoms with Gasteiger partial charge in [-0.3, -0.25) is 37.3 Å². The monoisotopic (exact) mass is 1650 g/mol. The van der Waals surface area contributed by atoms with Crippen LogP contribution in [0.25, 0.3) is 0 Å². The van der Waals surface area contributed by atoms with Gasteiger partial charge in [0, 0.05) is 25.7 Å². The van der Waals surface area contributed by atoms with Crippen LogP contribution < -0.4 is 0 Å². The van der Waals surface area contributed by atoms with Gasteiger partial charge in [0.15, 0.2) is 12.2 Å². The molecular weight excluding hydrogens is 1460 g/mol. The van der Waals surface area contributed by atoms with Crippen LogP contribution in [0.1, 0.15) is 516 Å². The van der Waals surface area contributed by atoms with E-state index in [1.54, 1.807) is 0 Å². The maximum absolute atomic E-state index is 13.2. The minimum Gasteiger partial charge on any atom is -0.462 e. The van der Waals surface area contributed by atoms with Crippen LogP contribution in [-0.2, 0) is 65.4 Å². The zero-order valence-corrected chi connectivity index (χ0v) is 76.3. The molecular formula is C94H184O17P2. The second-order valence-electron chi connectivity index (χ2n) is 34.2. The van der Waals surface area contributed by atoms with Gasteiger partial charge in [-0.25, -0.2) is 9.13 Å². The summed E-state index contributed by atoms with van der Waals surface area (Å²) in [6.45, 7) is 7.43. The summed E-state index contributed by atoms with van der Waals surface area (Å²) in [6, 6.07) is 0. The van der Waals surface area contributed by atoms with Gasteiger partial charge in [-0.2, -0.15) is 0 Å². The van der Waals surface area contributed by atoms with Crippen molar-refractivity contribution < 1.29 is 80.2 Å². The fourth-order valence-corrected chi connectivity index (χ4v) is 16.5. The van der Waals surface area contributed by atoms with E-state index in [0.29, 0.717) is 25.7 Å². The van der Waals surface area contributed by atoms with Crippen molar-refractivity contribution in [1.29, 1.82) is 0 Å². The predicted molar refractivity (Wildman–Crippen MR) is 469 cm³/mol. The van der Waals surface area contributed by atoms with Crippen LogP contribution in [0.3, 0.4) is 0 Å². The molecule has 0 fully saturated rings. The molecule has 0 bridgehead atoms. The number of unbranched alkanes of at least 4 members (excludes halogenated alkanes) is 66. The van der Waals surface area contributed by atoms with Gasteiger partial charge < -0.3 is 33.8 Å². The van der Waals surface area contributed by atoms with Gasteiger partial charge in [0.1, 0.15) is 19.3 Å². The fourth-order valence-electron chi connectivity index (χ4n) is 14.9. The summed E-state index contributed by atoms with van der Waals surface area (Å²) in [4.78, 5) is 73.5. The maximum atomic E-state index is 13.2. The highest BCUT2D eigenvalue weighted by molar-refractivity contribution is 7.47. The molecule has 0 aromatic carbocycles. The molecule has 0 aliphatic carbocycles. The lowest BCUT2D eigenvalue weighted by atomic mass is 10.0. The van der Waals surface area contributed by atoms with Gasteiger partial charge >= 0.3 is 39.5 Å². The third kappa shape index (κ3) is 87.7. The Bertz CT molecular complexity index is 2140. The lowest BCUT2D eigenvalue weighted by Crippen LogP contribution is -2.30. The van der Waals surface area contributed by atoms with E-state index in [2.05, 4.69) is 34.6 Å². The topological polar surface area (TPSA) is 237 Å². The molecule has 0 aliphatic rings. The number of carbonyl (C=O) groups excluding carboxylic acids is 4. The molecule has 2 unspecified atom stereocenters. The number of aliphatic hydroxyl groups is 1. The Labute approximate surface area is 696 Å². The maximum Gasteiger partial charge on any atom is 0.472 e. The van der Waals surface area contributed by atoms with E-state index in [1.807, 2.05) is 0 Å². The Morgan fingerprint density at radius 3 is 0.602 bits per heavy atom. The van der Waals surface area contributed by atoms with Gasteiger partial charge in [0.2, 0.25) is 0 Å². The Kier molecular flexibility index (Phi) is 85.0. The minimum absolute atomic E-state index is 0.109. The number of esters is 4. The van der Waals surface area contributed by atoms with Crippen molar-refractivity contribution in [2.45, 2.75) is 534 Å². The first kappa shape index (κ1) is 111. The van der Waals surface area contributed by atoms with Gasteiger partial charge in [-0.1, -0.05) is 465 Å². The largest absolute Gasteiger partial charge is 0.472 e. The number of hydrogen-bond acceptors (Lipinski definition) is 15. The summed E-state index contributed by atoms with van der Waals surface area (Å²) in [5, 5.41) is 10.7. The van der Waals surface area contributed by atoms with Crippen molar-refractivity contribution >= 4 is 39.5 Å². The van der Waals surface area contributed by atoms with Crippen LogP contribution >= 0.6 is 15.6 Å². The number of phosphoric ester groups is 2. The first-order chi connectivity index (χ1) is 55.0. The number of hydrogen-bond donors (Lipinski definition) is 3. The molecule has 19 heteroatoms. The van der Waals surface area contributed by atoms with Crippen molar-refractivity contribution in [2.24, 2.45) is 5.92 Å². The van der Waals surface area contributed by atoms with Crippen LogP contribution in [0.2, 0.25) is 0 Å². The third-order valence-electron chi connectivity index (χ3n) is 22.3. The van der Waals surface area contributed by atoms with E-state index in [-0.39, 0.29) is 25.7 Å². The summed E-state index contributed by atoms with van der Waals surface area (Å²) in [7, 11) is -9.94. The predicted octanol–water partition coefficient (Wildman–Crippen LogP) is 29.5. The molecule has 0 saturated heterocycles. The van der Waals surface area contributed by atoms with E-state index >= 15 is 0 Å². The fraction of sp³-hybridized carbons (Fsp3) is 0.957. The number of rotatable bonds is 94. The number of phosphoric acid groups is 2. The summed E-state index contributed by atoms with van der Waals surface area (Å²) >= 11 is 0. The molecule has 0 rings (SSSR count). The summed E-state index contributed by atoms with van der Waals surface area (Å²) < 4.78 is 69.1. The average molecular weight is 1650 g/mol. The van der Waals surface area contributed by atoms with E-state index in [4.69, 9.17) is 37.0 Å². The zero-order chi connectivity index (χ0) is 82.6. The smallest absolute Gasteiger partial charge is 0.462 e. The van der Waals surface area contributed by atoms with Crippen LogP contribution in [0.4, 0.5) is 0 Å². The molecule has 17 nitrogen and oxygen atoms in total. The SMILES string of the molecule is CCCCCCCCCCCCCCCCCCCCCCCCC(=O)O[C@H](COC(=O)CCCCCCCCCCCCCCCCCCCCCCC)COP(=O)(O)OC[C@@H](O)COP(=O)(O)OC[C@@H](COC(=O)CCCCCCCCCCCCC)OC(=O)CCCCCCCCCCCCCCCCCCC(C)C. The Morgan fingerprint density at radius 2 is 0.407 bits per heavy atom. The van der Waals surface area contributed by atoms with Crippen molar-refractivity contribution in [3.8, 4) is 0 Å². The zero-order valence-electron chi connectivity index (χ0n) is 74.5. The van der Waals surface area contributed by atoms with Crippen molar-refractivity contribution in [3.63, 3.8) is 0 Å². The highest BCUT2D eigenvalue weighted by Gasteiger charge is 2.31. The second kappa shape index (κ2) is 86.4. The molecule has 0 aromatic rings. The molecule has 0 aliphatic heterocycles. The molecule has 0 radical (unpaired) electrons. The Hall–Kier alpha value is -1.94. The van der Waals surface area contributed by atoms with Crippen LogP contribution in [0.5, 0.6) is 0 Å². The number of ether oxygens (including phenoxy) is 4. The average Bonchev–Trinajstić information content (AvgIpc) is 0.899. The van der Waals surface area contributed by atoms with E-state index < -0.39 is 97.5 Å². The Morgan fingerprint density at radius 1 is 0.239 bits per heavy atom. The van der Waals surface area contributed by atoms with Crippen LogP contribution in [0.15, 0.2) is 0 Å². The molecule has 0 heterocycles. The van der Waals surface area contributed by atoms with Crippen LogP contribution in [0, 0.1) is 5.92 Å². The van der Waals surface area contributed by atoms with E-state index in [9.17, 15) is 43.2 Å². The molecule has 0 amide bonds. The van der Waals surface area contributed by atoms with Gasteiger partial charge in [-0.05, 0) is 31.6 Å². The molecule has 0 saturated carbocycles. The van der Waals surface area contributed by atoms with Crippen molar-refractivity contribution in [1.82, 2.24) is 0 Å². The van der Waals surface area contributed by atoms with Crippen molar-refractivity contribution in [2.75, 3.05) is 39.6 Å². The highest BCUT2D eigenvalue weighted by atomic mass is 31.2. The minimum atomic E-state index is -4.97. The third-order valence-corrected chi connectivity index (χ3v) is 24.2. The van der Waals surface area contributed by atoms with Gasteiger partial charge in [0.05, 0.1) is 26.4 Å². The Balaban J connectivity index is 5.22. The van der Waals surface area contributed by atoms with Gasteiger partial charge in [-0.15, -0.1) is 0 Å². The normalized spacial score (nSPS) is 13.6. The number of aliphatic hydroxyl groups excluding tert-OH is 1. The molecule has 672 valence electrons. The molecule has 5 atom stereocenters. The standard InChI is InChI=1S/C94H184O17P2/c1-6-9-12-15-18-21-24-26-28-30-32-34-36-38-40-45-49-54-59-64-69-74-79-94(99)111-90(84-105-92(97)78-73-68-63-58-53-48-44-39-37-35-33-31-29-27-25-22-19-16-13-10-7-2)86-109-113(102,103)107-82-88(95)81-106-112(100,101)108-85-89(83-104-91(96)77-72-67-62-57-51-23-20-17-14-11-8-3)110-93(98)80-75-70-65-60-55-50-46-42-41-43-47-52-56-61-66-71-76-87(4)5/h87-90,95H,6-86H2,1-5H3,(H,100,101)(H,102,103)/t88-,89+,90+/m0/s1. The lowest BCUT2D eigenvalue weighted by molar-refractivity contribution is -0.161. The molecule has 3 N–H and O–H groups in total. The summed E-state index contributed by atoms with van der Waals surface area (Å²) in [5.41, 5.74) is 0. The molecule has 113 heavy (non-hydrogen) atoms. The number of carbonyl (C=O) groups is 4. The van der Waals surface area contributed by atoms with E-state index in [0.717, 1.165) is 95.8 Å². The first-order valence-electron chi connectivity index (χ1n) is 48.6. The quantitative estimate of drug-likeness (QED) is 0.0222. The summed E-state index contributed by atoms with van der Waals surface area (Å²) in [5.74, 6) is -1.28. The summed E-state index contributed by atoms with van der Waals surface area (Å²) in [6.07, 6.45) is 83.5. The molecule has 0 aromatic heterocycles. The first-order valence-corrected chi connectivity index (χ1v) is 51.6. The highest BCUT2D eigenvalue weighted by Crippen LogP contribution is 2.45.